The molecule has 2 atom stereocenters. The van der Waals surface area contributed by atoms with Gasteiger partial charge in [0, 0.05) is 12.7 Å². The van der Waals surface area contributed by atoms with Crippen molar-refractivity contribution in [3.63, 3.8) is 0 Å². The molecule has 2 aromatic rings. The smallest absolute Gasteiger partial charge is 0.307 e. The highest BCUT2D eigenvalue weighted by Crippen LogP contribution is 2.33. The molecule has 1 N–H and O–H groups in total. The van der Waals surface area contributed by atoms with Crippen LogP contribution in [0.1, 0.15) is 42.6 Å². The van der Waals surface area contributed by atoms with Crippen molar-refractivity contribution >= 4 is 5.97 Å². The third-order valence-electron chi connectivity index (χ3n) is 4.87. The van der Waals surface area contributed by atoms with E-state index in [1.165, 1.54) is 0 Å². The molecule has 26 heavy (non-hydrogen) atoms. The van der Waals surface area contributed by atoms with Crippen LogP contribution in [0.25, 0.3) is 0 Å². The van der Waals surface area contributed by atoms with Crippen LogP contribution in [0.15, 0.2) is 42.6 Å². The van der Waals surface area contributed by atoms with Crippen LogP contribution in [-0.2, 0) is 4.79 Å². The number of ether oxygens (including phenoxy) is 1. The van der Waals surface area contributed by atoms with Crippen molar-refractivity contribution in [2.24, 2.45) is 5.92 Å². The summed E-state index contributed by atoms with van der Waals surface area (Å²) in [6.07, 6.45) is 3.48. The summed E-state index contributed by atoms with van der Waals surface area (Å²) in [6.45, 7) is 6.00. The number of aliphatic carboxylic acids is 1. The van der Waals surface area contributed by atoms with Crippen molar-refractivity contribution in [1.82, 2.24) is 9.88 Å². The van der Waals surface area contributed by atoms with Crippen LogP contribution in [0.3, 0.4) is 0 Å². The summed E-state index contributed by atoms with van der Waals surface area (Å²) in [5.74, 6) is -0.214. The van der Waals surface area contributed by atoms with Crippen LogP contribution in [-0.4, -0.2) is 40.7 Å². The zero-order valence-electron chi connectivity index (χ0n) is 15.4. The van der Waals surface area contributed by atoms with Gasteiger partial charge in [-0.2, -0.15) is 0 Å². The average molecular weight is 354 g/mol. The lowest BCUT2D eigenvalue weighted by Gasteiger charge is -2.37. The quantitative estimate of drug-likeness (QED) is 0.857. The maximum absolute atomic E-state index is 11.5. The van der Waals surface area contributed by atoms with Gasteiger partial charge in [0.15, 0.2) is 0 Å². The Hall–Kier alpha value is -2.40. The molecule has 2 heterocycles. The number of aromatic nitrogens is 1. The Balaban J connectivity index is 1.97. The van der Waals surface area contributed by atoms with Crippen molar-refractivity contribution in [3.05, 3.63) is 59.4 Å². The lowest BCUT2D eigenvalue weighted by atomic mass is 9.93. The first kappa shape index (κ1) is 18.4. The Morgan fingerprint density at radius 3 is 2.92 bits per heavy atom. The summed E-state index contributed by atoms with van der Waals surface area (Å²) in [5, 5.41) is 9.47. The molecule has 1 aromatic heterocycles. The Kier molecular flexibility index (Phi) is 5.89. The van der Waals surface area contributed by atoms with Crippen molar-refractivity contribution in [2.75, 3.05) is 19.7 Å². The fourth-order valence-electron chi connectivity index (χ4n) is 3.59. The second kappa shape index (κ2) is 8.32. The summed E-state index contributed by atoms with van der Waals surface area (Å²) in [7, 11) is 0. The van der Waals surface area contributed by atoms with E-state index >= 15 is 0 Å². The zero-order valence-corrected chi connectivity index (χ0v) is 15.4. The first-order valence-electron chi connectivity index (χ1n) is 9.20. The Bertz CT molecular complexity index is 745. The van der Waals surface area contributed by atoms with Gasteiger partial charge in [0.2, 0.25) is 0 Å². The third kappa shape index (κ3) is 4.22. The predicted molar refractivity (Wildman–Crippen MR) is 100 cm³/mol. The van der Waals surface area contributed by atoms with Gasteiger partial charge in [0.05, 0.1) is 24.3 Å². The fourth-order valence-corrected chi connectivity index (χ4v) is 3.59. The Labute approximate surface area is 154 Å². The largest absolute Gasteiger partial charge is 0.494 e. The van der Waals surface area contributed by atoms with Gasteiger partial charge in [0.25, 0.3) is 0 Å². The number of hydrogen-bond acceptors (Lipinski definition) is 4. The lowest BCUT2D eigenvalue weighted by molar-refractivity contribution is -0.143. The first-order chi connectivity index (χ1) is 12.6. The number of carboxylic acid groups (broad SMARTS) is 1. The Morgan fingerprint density at radius 2 is 2.23 bits per heavy atom. The van der Waals surface area contributed by atoms with Crippen molar-refractivity contribution in [1.29, 1.82) is 0 Å². The molecule has 3 rings (SSSR count). The number of nitrogens with zero attached hydrogens (tertiary/aromatic N) is 2. The highest BCUT2D eigenvalue weighted by Gasteiger charge is 2.32. The minimum Gasteiger partial charge on any atom is -0.494 e. The molecule has 5 heteroatoms. The second-order valence-corrected chi connectivity index (χ2v) is 6.84. The van der Waals surface area contributed by atoms with Gasteiger partial charge in [-0.05, 0) is 62.6 Å². The molecular weight excluding hydrogens is 328 g/mol. The van der Waals surface area contributed by atoms with Gasteiger partial charge in [0.1, 0.15) is 5.75 Å². The van der Waals surface area contributed by atoms with Gasteiger partial charge in [-0.3, -0.25) is 14.7 Å². The molecule has 2 unspecified atom stereocenters. The first-order valence-corrected chi connectivity index (χ1v) is 9.20. The molecular formula is C21H26N2O3. The molecule has 0 saturated carbocycles. The van der Waals surface area contributed by atoms with Crippen LogP contribution in [0.2, 0.25) is 0 Å². The number of likely N-dealkylation sites (tertiary alicyclic amines) is 1. The topological polar surface area (TPSA) is 62.7 Å². The van der Waals surface area contributed by atoms with Gasteiger partial charge >= 0.3 is 5.97 Å². The standard InChI is InChI=1S/C21H26N2O3/c1-3-26-18-8-4-6-16(12-18)20(19-10-9-15(2)13-22-19)23-11-5-7-17(14-23)21(24)25/h4,6,8-10,12-13,17,20H,3,5,7,11,14H2,1-2H3,(H,24,25). The van der Waals surface area contributed by atoms with E-state index in [1.54, 1.807) is 0 Å². The summed E-state index contributed by atoms with van der Waals surface area (Å²) < 4.78 is 5.67. The van der Waals surface area contributed by atoms with E-state index in [1.807, 2.05) is 44.3 Å². The summed E-state index contributed by atoms with van der Waals surface area (Å²) in [4.78, 5) is 18.4. The minimum atomic E-state index is -0.714. The fraction of sp³-hybridized carbons (Fsp3) is 0.429. The van der Waals surface area contributed by atoms with E-state index in [9.17, 15) is 9.90 Å². The van der Waals surface area contributed by atoms with E-state index < -0.39 is 5.97 Å². The summed E-state index contributed by atoms with van der Waals surface area (Å²) in [6, 6.07) is 12.1. The van der Waals surface area contributed by atoms with Gasteiger partial charge in [-0.15, -0.1) is 0 Å². The molecule has 0 bridgehead atoms. The Morgan fingerprint density at radius 1 is 1.38 bits per heavy atom. The van der Waals surface area contributed by atoms with E-state index in [2.05, 4.69) is 22.0 Å². The third-order valence-corrected chi connectivity index (χ3v) is 4.87. The molecule has 1 aliphatic rings. The van der Waals surface area contributed by atoms with Gasteiger partial charge in [-0.25, -0.2) is 0 Å². The SMILES string of the molecule is CCOc1cccc(C(c2ccc(C)cn2)N2CCCC(C(=O)O)C2)c1. The van der Waals surface area contributed by atoms with E-state index in [0.29, 0.717) is 13.2 Å². The molecule has 0 amide bonds. The zero-order chi connectivity index (χ0) is 18.5. The monoisotopic (exact) mass is 354 g/mol. The highest BCUT2D eigenvalue weighted by atomic mass is 16.5. The van der Waals surface area contributed by atoms with Gasteiger partial charge < -0.3 is 9.84 Å². The van der Waals surface area contributed by atoms with Crippen LogP contribution in [0.4, 0.5) is 0 Å². The maximum Gasteiger partial charge on any atom is 0.307 e. The normalized spacial score (nSPS) is 19.1. The van der Waals surface area contributed by atoms with Crippen molar-refractivity contribution < 1.29 is 14.6 Å². The highest BCUT2D eigenvalue weighted by molar-refractivity contribution is 5.70. The molecule has 0 aliphatic carbocycles. The van der Waals surface area contributed by atoms with Crippen molar-refractivity contribution in [2.45, 2.75) is 32.7 Å². The molecule has 1 aromatic carbocycles. The number of pyridine rings is 1. The van der Waals surface area contributed by atoms with Crippen LogP contribution >= 0.6 is 0 Å². The van der Waals surface area contributed by atoms with Crippen LogP contribution in [0, 0.1) is 12.8 Å². The number of hydrogen-bond donors (Lipinski definition) is 1. The minimum absolute atomic E-state index is 0.0712. The molecule has 138 valence electrons. The number of rotatable bonds is 6. The molecule has 0 spiro atoms. The van der Waals surface area contributed by atoms with Crippen LogP contribution < -0.4 is 4.74 Å². The number of aryl methyl sites for hydroxylation is 1. The number of benzene rings is 1. The lowest BCUT2D eigenvalue weighted by Crippen LogP contribution is -2.41. The summed E-state index contributed by atoms with van der Waals surface area (Å²) in [5.41, 5.74) is 3.13. The maximum atomic E-state index is 11.5. The number of carbonyl (C=O) groups is 1. The van der Waals surface area contributed by atoms with Crippen LogP contribution in [0.5, 0.6) is 5.75 Å². The van der Waals surface area contributed by atoms with E-state index in [0.717, 1.165) is 42.0 Å². The molecule has 5 nitrogen and oxygen atoms in total. The van der Waals surface area contributed by atoms with E-state index in [-0.39, 0.29) is 12.0 Å². The number of carboxylic acids is 1. The van der Waals surface area contributed by atoms with Gasteiger partial charge in [-0.1, -0.05) is 18.2 Å². The van der Waals surface area contributed by atoms with E-state index in [4.69, 9.17) is 4.74 Å². The molecule has 0 radical (unpaired) electrons. The molecule has 1 fully saturated rings. The molecule has 1 saturated heterocycles. The average Bonchev–Trinajstić information content (AvgIpc) is 2.64. The van der Waals surface area contributed by atoms with Crippen molar-refractivity contribution in [3.8, 4) is 5.75 Å². The summed E-state index contributed by atoms with van der Waals surface area (Å²) >= 11 is 0. The predicted octanol–water partition coefficient (Wildman–Crippen LogP) is 3.67. The second-order valence-electron chi connectivity index (χ2n) is 6.84. The molecule has 1 aliphatic heterocycles. The number of piperidine rings is 1.